The molecule has 1 aromatic carbocycles. The third-order valence-electron chi connectivity index (χ3n) is 5.42. The van der Waals surface area contributed by atoms with Crippen LogP contribution >= 0.6 is 0 Å². The lowest BCUT2D eigenvalue weighted by atomic mass is 9.84. The summed E-state index contributed by atoms with van der Waals surface area (Å²) in [6.07, 6.45) is 11.0. The Hall–Kier alpha value is -1.86. The number of ether oxygens (including phenoxy) is 2. The third-order valence-corrected chi connectivity index (χ3v) is 5.42. The average Bonchev–Trinajstić information content (AvgIpc) is 2.69. The van der Waals surface area contributed by atoms with Crippen molar-refractivity contribution in [1.82, 2.24) is 0 Å². The van der Waals surface area contributed by atoms with Crippen LogP contribution in [-0.2, 0) is 9.53 Å². The number of methoxy groups -OCH3 is 1. The van der Waals surface area contributed by atoms with E-state index in [0.29, 0.717) is 25.2 Å². The fourth-order valence-electron chi connectivity index (χ4n) is 3.86. The third kappa shape index (κ3) is 7.34. The SMILES string of the molecule is COc1ccc([C@@H](OCCC#N)[C@H]2CCCCCCCCCCC2=O)cc1. The number of ketones is 1. The van der Waals surface area contributed by atoms with Crippen molar-refractivity contribution in [3.8, 4) is 11.8 Å². The van der Waals surface area contributed by atoms with E-state index in [1.165, 1.54) is 32.1 Å². The van der Waals surface area contributed by atoms with Crippen molar-refractivity contribution in [2.45, 2.75) is 76.7 Å². The van der Waals surface area contributed by atoms with Crippen molar-refractivity contribution >= 4 is 5.78 Å². The number of Topliss-reactive ketones (excluding diaryl/α,β-unsaturated/α-hetero) is 1. The van der Waals surface area contributed by atoms with Crippen molar-refractivity contribution in [3.05, 3.63) is 29.8 Å². The van der Waals surface area contributed by atoms with Crippen molar-refractivity contribution in [2.75, 3.05) is 13.7 Å². The number of carbonyl (C=O) groups is 1. The molecule has 0 saturated heterocycles. The van der Waals surface area contributed by atoms with Crippen molar-refractivity contribution in [2.24, 2.45) is 5.92 Å². The topological polar surface area (TPSA) is 59.3 Å². The molecule has 1 fully saturated rings. The van der Waals surface area contributed by atoms with E-state index in [2.05, 4.69) is 6.07 Å². The molecule has 1 aromatic rings. The summed E-state index contributed by atoms with van der Waals surface area (Å²) in [7, 11) is 1.65. The minimum Gasteiger partial charge on any atom is -0.497 e. The van der Waals surface area contributed by atoms with Gasteiger partial charge in [0.05, 0.1) is 32.3 Å². The Morgan fingerprint density at radius 2 is 1.67 bits per heavy atom. The van der Waals surface area contributed by atoms with E-state index >= 15 is 0 Å². The summed E-state index contributed by atoms with van der Waals surface area (Å²) in [5.74, 6) is 0.976. The fraction of sp³-hybridized carbons (Fsp3) is 0.652. The van der Waals surface area contributed by atoms with E-state index < -0.39 is 0 Å². The van der Waals surface area contributed by atoms with Gasteiger partial charge in [0.1, 0.15) is 11.5 Å². The maximum absolute atomic E-state index is 13.0. The molecule has 2 rings (SSSR count). The van der Waals surface area contributed by atoms with Gasteiger partial charge in [0.25, 0.3) is 0 Å². The van der Waals surface area contributed by atoms with Gasteiger partial charge in [0.15, 0.2) is 0 Å². The van der Waals surface area contributed by atoms with Crippen LogP contribution < -0.4 is 4.74 Å². The first-order valence-corrected chi connectivity index (χ1v) is 10.4. The number of nitriles is 1. The van der Waals surface area contributed by atoms with Gasteiger partial charge >= 0.3 is 0 Å². The van der Waals surface area contributed by atoms with E-state index in [4.69, 9.17) is 14.7 Å². The molecular weight excluding hydrogens is 338 g/mol. The van der Waals surface area contributed by atoms with Crippen LogP contribution in [-0.4, -0.2) is 19.5 Å². The molecule has 0 aliphatic heterocycles. The molecule has 0 radical (unpaired) electrons. The molecule has 0 aromatic heterocycles. The van der Waals surface area contributed by atoms with Crippen LogP contribution in [0, 0.1) is 17.2 Å². The molecule has 0 unspecified atom stereocenters. The van der Waals surface area contributed by atoms with Gasteiger partial charge < -0.3 is 9.47 Å². The zero-order chi connectivity index (χ0) is 19.3. The van der Waals surface area contributed by atoms with Gasteiger partial charge in [-0.2, -0.15) is 5.26 Å². The standard InChI is InChI=1S/C23H33NO3/c1-26-20-15-13-19(14-16-20)23(27-18-10-17-24)21-11-8-6-4-2-3-5-7-9-12-22(21)25/h13-16,21,23H,2-12,18H2,1H3/t21-,23+/m0/s1. The molecule has 0 heterocycles. The van der Waals surface area contributed by atoms with Crippen LogP contribution in [0.4, 0.5) is 0 Å². The molecule has 2 atom stereocenters. The van der Waals surface area contributed by atoms with E-state index in [1.54, 1.807) is 7.11 Å². The molecular formula is C23H33NO3. The minimum absolute atomic E-state index is 0.128. The minimum atomic E-state index is -0.278. The maximum atomic E-state index is 13.0. The first-order valence-electron chi connectivity index (χ1n) is 10.4. The first-order chi connectivity index (χ1) is 13.3. The highest BCUT2D eigenvalue weighted by atomic mass is 16.5. The van der Waals surface area contributed by atoms with E-state index in [1.807, 2.05) is 24.3 Å². The van der Waals surface area contributed by atoms with Gasteiger partial charge in [-0.1, -0.05) is 57.1 Å². The molecule has 1 saturated carbocycles. The molecule has 0 N–H and O–H groups in total. The number of rotatable bonds is 6. The Morgan fingerprint density at radius 1 is 1.04 bits per heavy atom. The molecule has 4 nitrogen and oxygen atoms in total. The summed E-state index contributed by atoms with van der Waals surface area (Å²) in [4.78, 5) is 13.0. The lowest BCUT2D eigenvalue weighted by Crippen LogP contribution is -2.25. The highest BCUT2D eigenvalue weighted by molar-refractivity contribution is 5.81. The number of hydrogen-bond acceptors (Lipinski definition) is 4. The maximum Gasteiger partial charge on any atom is 0.138 e. The number of carbonyl (C=O) groups excluding carboxylic acids is 1. The molecule has 0 bridgehead atoms. The summed E-state index contributed by atoms with van der Waals surface area (Å²) in [5, 5.41) is 8.88. The molecule has 0 spiro atoms. The van der Waals surface area contributed by atoms with E-state index in [-0.39, 0.29) is 12.0 Å². The second-order valence-electron chi connectivity index (χ2n) is 7.41. The molecule has 4 heteroatoms. The first kappa shape index (κ1) is 21.4. The van der Waals surface area contributed by atoms with Crippen LogP contribution in [0.3, 0.4) is 0 Å². The molecule has 1 aliphatic rings. The van der Waals surface area contributed by atoms with Crippen molar-refractivity contribution in [3.63, 3.8) is 0 Å². The highest BCUT2D eigenvalue weighted by Crippen LogP contribution is 2.34. The zero-order valence-electron chi connectivity index (χ0n) is 16.6. The Bertz CT molecular complexity index is 591. The Kier molecular flexibility index (Phi) is 9.94. The Balaban J connectivity index is 2.18. The van der Waals surface area contributed by atoms with Crippen molar-refractivity contribution in [1.29, 1.82) is 5.26 Å². The average molecular weight is 372 g/mol. The monoisotopic (exact) mass is 371 g/mol. The lowest BCUT2D eigenvalue weighted by molar-refractivity contribution is -0.129. The second-order valence-corrected chi connectivity index (χ2v) is 7.41. The zero-order valence-corrected chi connectivity index (χ0v) is 16.6. The highest BCUT2D eigenvalue weighted by Gasteiger charge is 2.29. The van der Waals surface area contributed by atoms with Gasteiger partial charge in [-0.3, -0.25) is 4.79 Å². The largest absolute Gasteiger partial charge is 0.497 e. The summed E-state index contributed by atoms with van der Waals surface area (Å²) >= 11 is 0. The summed E-state index contributed by atoms with van der Waals surface area (Å²) in [5.41, 5.74) is 0.999. The molecule has 148 valence electrons. The number of benzene rings is 1. The van der Waals surface area contributed by atoms with Gasteiger partial charge in [0, 0.05) is 12.3 Å². The summed E-state index contributed by atoms with van der Waals surface area (Å²) in [6, 6.07) is 9.93. The normalized spacial score (nSPS) is 20.7. The van der Waals surface area contributed by atoms with Gasteiger partial charge in [-0.25, -0.2) is 0 Å². The second kappa shape index (κ2) is 12.5. The predicted molar refractivity (Wildman–Crippen MR) is 107 cm³/mol. The fourth-order valence-corrected chi connectivity index (χ4v) is 3.86. The molecule has 1 aliphatic carbocycles. The van der Waals surface area contributed by atoms with Crippen LogP contribution in [0.5, 0.6) is 5.75 Å². The Morgan fingerprint density at radius 3 is 2.30 bits per heavy atom. The number of nitrogens with zero attached hydrogens (tertiary/aromatic N) is 1. The van der Waals surface area contributed by atoms with Crippen LogP contribution in [0.1, 0.15) is 82.3 Å². The van der Waals surface area contributed by atoms with Gasteiger partial charge in [-0.05, 0) is 30.5 Å². The molecule has 0 amide bonds. The predicted octanol–water partition coefficient (Wildman–Crippen LogP) is 5.77. The van der Waals surface area contributed by atoms with Crippen LogP contribution in [0.2, 0.25) is 0 Å². The summed E-state index contributed by atoms with van der Waals surface area (Å²) in [6.45, 7) is 0.358. The number of hydrogen-bond donors (Lipinski definition) is 0. The smallest absolute Gasteiger partial charge is 0.138 e. The van der Waals surface area contributed by atoms with E-state index in [0.717, 1.165) is 37.0 Å². The quantitative estimate of drug-likeness (QED) is 0.596. The van der Waals surface area contributed by atoms with Crippen molar-refractivity contribution < 1.29 is 14.3 Å². The lowest BCUT2D eigenvalue weighted by Gasteiger charge is -2.27. The van der Waals surface area contributed by atoms with Gasteiger partial charge in [0.2, 0.25) is 0 Å². The van der Waals surface area contributed by atoms with Crippen LogP contribution in [0.15, 0.2) is 24.3 Å². The molecule has 27 heavy (non-hydrogen) atoms. The Labute approximate surface area is 163 Å². The summed E-state index contributed by atoms with van der Waals surface area (Å²) < 4.78 is 11.3. The van der Waals surface area contributed by atoms with Crippen LogP contribution in [0.25, 0.3) is 0 Å². The van der Waals surface area contributed by atoms with Gasteiger partial charge in [-0.15, -0.1) is 0 Å². The van der Waals surface area contributed by atoms with E-state index in [9.17, 15) is 4.79 Å².